The van der Waals surface area contributed by atoms with Gasteiger partial charge < -0.3 is 10.1 Å². The molecule has 0 spiro atoms. The summed E-state index contributed by atoms with van der Waals surface area (Å²) in [5.41, 5.74) is 1.44. The minimum Gasteiger partial charge on any atom is -0.494 e. The van der Waals surface area contributed by atoms with Gasteiger partial charge in [-0.25, -0.2) is 0 Å². The molecule has 1 amide bonds. The SMILES string of the molecule is CCCCOc1ccc(C2C(c3ccc(C)cc3)=C(C#N)C(=O)NC2C(F)(F)F)cc1. The molecule has 1 aliphatic rings. The molecule has 0 aromatic heterocycles. The van der Waals surface area contributed by atoms with Gasteiger partial charge in [0, 0.05) is 5.92 Å². The molecule has 0 saturated carbocycles. The Labute approximate surface area is 179 Å². The number of unbranched alkanes of at least 4 members (excludes halogenated alkanes) is 1. The van der Waals surface area contributed by atoms with E-state index >= 15 is 0 Å². The maximum absolute atomic E-state index is 14.0. The van der Waals surface area contributed by atoms with Crippen molar-refractivity contribution in [1.82, 2.24) is 5.32 Å². The van der Waals surface area contributed by atoms with E-state index in [1.165, 1.54) is 0 Å². The zero-order chi connectivity index (χ0) is 22.6. The van der Waals surface area contributed by atoms with Gasteiger partial charge in [-0.05, 0) is 42.2 Å². The second-order valence-corrected chi connectivity index (χ2v) is 7.51. The Morgan fingerprint density at radius 2 is 1.74 bits per heavy atom. The summed E-state index contributed by atoms with van der Waals surface area (Å²) in [6, 6.07) is 12.8. The fourth-order valence-corrected chi connectivity index (χ4v) is 3.64. The van der Waals surface area contributed by atoms with Crippen LogP contribution in [0.25, 0.3) is 5.57 Å². The number of alkyl halides is 3. The predicted molar refractivity (Wildman–Crippen MR) is 111 cm³/mol. The predicted octanol–water partition coefficient (Wildman–Crippen LogP) is 5.30. The van der Waals surface area contributed by atoms with Gasteiger partial charge in [0.1, 0.15) is 23.4 Å². The molecule has 0 bridgehead atoms. The average molecular weight is 428 g/mol. The Balaban J connectivity index is 2.12. The summed E-state index contributed by atoms with van der Waals surface area (Å²) in [5, 5.41) is 11.6. The first-order valence-electron chi connectivity index (χ1n) is 10.1. The molecule has 2 atom stereocenters. The van der Waals surface area contributed by atoms with Crippen molar-refractivity contribution in [2.75, 3.05) is 6.61 Å². The van der Waals surface area contributed by atoms with Crippen molar-refractivity contribution in [3.05, 3.63) is 70.8 Å². The van der Waals surface area contributed by atoms with E-state index < -0.39 is 24.0 Å². The van der Waals surface area contributed by atoms with Crippen LogP contribution in [0.5, 0.6) is 5.75 Å². The van der Waals surface area contributed by atoms with Crippen molar-refractivity contribution >= 4 is 11.5 Å². The van der Waals surface area contributed by atoms with Crippen molar-refractivity contribution in [2.45, 2.75) is 44.8 Å². The molecule has 2 unspecified atom stereocenters. The highest BCUT2D eigenvalue weighted by molar-refractivity contribution is 6.08. The second-order valence-electron chi connectivity index (χ2n) is 7.51. The number of amides is 1. The Hall–Kier alpha value is -3.27. The Morgan fingerprint density at radius 3 is 2.29 bits per heavy atom. The first-order chi connectivity index (χ1) is 14.8. The lowest BCUT2D eigenvalue weighted by atomic mass is 9.76. The van der Waals surface area contributed by atoms with Gasteiger partial charge in [0.15, 0.2) is 0 Å². The number of nitrogens with zero attached hydrogens (tertiary/aromatic N) is 1. The first kappa shape index (κ1) is 22.4. The number of benzene rings is 2. The summed E-state index contributed by atoms with van der Waals surface area (Å²) in [6.45, 7) is 4.41. The zero-order valence-corrected chi connectivity index (χ0v) is 17.3. The van der Waals surface area contributed by atoms with Gasteiger partial charge in [-0.2, -0.15) is 18.4 Å². The maximum Gasteiger partial charge on any atom is 0.409 e. The van der Waals surface area contributed by atoms with Crippen LogP contribution >= 0.6 is 0 Å². The molecule has 0 fully saturated rings. The molecule has 7 heteroatoms. The largest absolute Gasteiger partial charge is 0.494 e. The molecule has 1 heterocycles. The third-order valence-electron chi connectivity index (χ3n) is 5.26. The average Bonchev–Trinajstić information content (AvgIpc) is 2.74. The number of aryl methyl sites for hydroxylation is 1. The molecule has 3 rings (SSSR count). The molecule has 0 radical (unpaired) electrons. The third kappa shape index (κ3) is 4.91. The lowest BCUT2D eigenvalue weighted by Crippen LogP contribution is -2.53. The van der Waals surface area contributed by atoms with Crippen LogP contribution < -0.4 is 10.1 Å². The molecule has 2 aromatic carbocycles. The first-order valence-corrected chi connectivity index (χ1v) is 10.1. The van der Waals surface area contributed by atoms with Crippen LogP contribution in [0.1, 0.15) is 42.4 Å². The number of carbonyl (C=O) groups is 1. The van der Waals surface area contributed by atoms with Crippen molar-refractivity contribution in [2.24, 2.45) is 0 Å². The quantitative estimate of drug-likeness (QED) is 0.636. The van der Waals surface area contributed by atoms with Gasteiger partial charge in [-0.1, -0.05) is 55.3 Å². The second kappa shape index (κ2) is 9.25. The zero-order valence-electron chi connectivity index (χ0n) is 17.3. The fraction of sp³-hybridized carbons (Fsp3) is 0.333. The van der Waals surface area contributed by atoms with E-state index in [1.807, 2.05) is 25.2 Å². The maximum atomic E-state index is 14.0. The molecular formula is C24H23F3N2O2. The minimum absolute atomic E-state index is 0.0771. The highest BCUT2D eigenvalue weighted by atomic mass is 19.4. The highest BCUT2D eigenvalue weighted by Crippen LogP contribution is 2.45. The number of carbonyl (C=O) groups excluding carboxylic acids is 1. The molecule has 162 valence electrons. The van der Waals surface area contributed by atoms with Crippen molar-refractivity contribution < 1.29 is 22.7 Å². The summed E-state index contributed by atoms with van der Waals surface area (Å²) in [6.07, 6.45) is -2.86. The summed E-state index contributed by atoms with van der Waals surface area (Å²) in [4.78, 5) is 12.4. The number of hydrogen-bond acceptors (Lipinski definition) is 3. The van der Waals surface area contributed by atoms with E-state index in [-0.39, 0.29) is 11.1 Å². The van der Waals surface area contributed by atoms with Gasteiger partial charge in [0.05, 0.1) is 6.61 Å². The summed E-state index contributed by atoms with van der Waals surface area (Å²) in [7, 11) is 0. The van der Waals surface area contributed by atoms with E-state index in [1.54, 1.807) is 48.5 Å². The van der Waals surface area contributed by atoms with E-state index in [9.17, 15) is 23.2 Å². The number of ether oxygens (including phenoxy) is 1. The molecule has 4 nitrogen and oxygen atoms in total. The number of halogens is 3. The normalized spacial score (nSPS) is 19.0. The van der Waals surface area contributed by atoms with E-state index in [0.29, 0.717) is 23.5 Å². The third-order valence-corrected chi connectivity index (χ3v) is 5.26. The lowest BCUT2D eigenvalue weighted by Gasteiger charge is -2.36. The Kier molecular flexibility index (Phi) is 6.69. The Morgan fingerprint density at radius 1 is 1.10 bits per heavy atom. The van der Waals surface area contributed by atoms with E-state index in [4.69, 9.17) is 4.74 Å². The fourth-order valence-electron chi connectivity index (χ4n) is 3.64. The summed E-state index contributed by atoms with van der Waals surface area (Å²) >= 11 is 0. The number of rotatable bonds is 6. The van der Waals surface area contributed by atoms with Crippen LogP contribution in [-0.4, -0.2) is 24.7 Å². The monoisotopic (exact) mass is 428 g/mol. The van der Waals surface area contributed by atoms with Crippen LogP contribution in [0.4, 0.5) is 13.2 Å². The van der Waals surface area contributed by atoms with Crippen LogP contribution in [-0.2, 0) is 4.79 Å². The van der Waals surface area contributed by atoms with Crippen molar-refractivity contribution in [3.63, 3.8) is 0 Å². The van der Waals surface area contributed by atoms with E-state index in [0.717, 1.165) is 18.4 Å². The van der Waals surface area contributed by atoms with Gasteiger partial charge in [-0.15, -0.1) is 0 Å². The summed E-state index contributed by atoms with van der Waals surface area (Å²) in [5.74, 6) is -1.72. The van der Waals surface area contributed by atoms with Crippen LogP contribution in [0, 0.1) is 18.3 Å². The van der Waals surface area contributed by atoms with Crippen LogP contribution in [0.3, 0.4) is 0 Å². The molecule has 31 heavy (non-hydrogen) atoms. The van der Waals surface area contributed by atoms with Gasteiger partial charge in [-0.3, -0.25) is 4.79 Å². The van der Waals surface area contributed by atoms with Gasteiger partial charge >= 0.3 is 6.18 Å². The molecule has 2 aromatic rings. The standard InChI is InChI=1S/C24H23F3N2O2/c1-3-4-13-31-18-11-9-17(10-12-18)21-20(16-7-5-15(2)6-8-16)19(14-28)23(30)29-22(21)24(25,26)27/h5-12,21-22H,3-4,13H2,1-2H3,(H,29,30). The van der Waals surface area contributed by atoms with Crippen molar-refractivity contribution in [3.8, 4) is 11.8 Å². The molecular weight excluding hydrogens is 405 g/mol. The molecule has 1 N–H and O–H groups in total. The lowest BCUT2D eigenvalue weighted by molar-refractivity contribution is -0.163. The van der Waals surface area contributed by atoms with Crippen LogP contribution in [0.2, 0.25) is 0 Å². The molecule has 0 aliphatic carbocycles. The van der Waals surface area contributed by atoms with E-state index in [2.05, 4.69) is 0 Å². The summed E-state index contributed by atoms with van der Waals surface area (Å²) < 4.78 is 47.5. The Bertz CT molecular complexity index is 1000. The minimum atomic E-state index is -4.70. The highest BCUT2D eigenvalue weighted by Gasteiger charge is 2.51. The number of nitriles is 1. The van der Waals surface area contributed by atoms with Crippen LogP contribution in [0.15, 0.2) is 54.1 Å². The number of hydrogen-bond donors (Lipinski definition) is 1. The topological polar surface area (TPSA) is 62.1 Å². The smallest absolute Gasteiger partial charge is 0.409 e. The molecule has 0 saturated heterocycles. The van der Waals surface area contributed by atoms with Gasteiger partial charge in [0.2, 0.25) is 0 Å². The number of nitrogens with one attached hydrogen (secondary N) is 1. The van der Waals surface area contributed by atoms with Crippen molar-refractivity contribution in [1.29, 1.82) is 5.26 Å². The molecule has 1 aliphatic heterocycles. The van der Waals surface area contributed by atoms with Gasteiger partial charge in [0.25, 0.3) is 5.91 Å².